The second-order valence-corrected chi connectivity index (χ2v) is 7.97. The van der Waals surface area contributed by atoms with Crippen LogP contribution in [-0.4, -0.2) is 43.0 Å². The molecule has 5 heteroatoms. The molecular formula is C20H26N2O2S. The molecular weight excluding hydrogens is 332 g/mol. The van der Waals surface area contributed by atoms with Gasteiger partial charge in [0.15, 0.2) is 0 Å². The summed E-state index contributed by atoms with van der Waals surface area (Å²) < 4.78 is 11.6. The number of nitrogens with zero attached hydrogens (tertiary/aromatic N) is 1. The minimum atomic E-state index is 0.0653. The number of thiazole rings is 1. The minimum absolute atomic E-state index is 0.0653. The molecule has 2 aliphatic heterocycles. The Balaban J connectivity index is 1.27. The highest BCUT2D eigenvalue weighted by molar-refractivity contribution is 7.09. The lowest BCUT2D eigenvalue weighted by Gasteiger charge is -2.43. The van der Waals surface area contributed by atoms with E-state index in [-0.39, 0.29) is 5.60 Å². The van der Waals surface area contributed by atoms with Crippen LogP contribution in [0.2, 0.25) is 0 Å². The SMILES string of the molecule is c1ccc(-c2csc(CCN[C@@H]3CCOC4(CCOCC4)C3)n2)cc1. The molecule has 134 valence electrons. The van der Waals surface area contributed by atoms with Crippen molar-refractivity contribution in [3.8, 4) is 11.3 Å². The zero-order valence-electron chi connectivity index (χ0n) is 14.6. The van der Waals surface area contributed by atoms with E-state index in [1.165, 1.54) is 10.6 Å². The number of rotatable bonds is 5. The summed E-state index contributed by atoms with van der Waals surface area (Å²) in [5.74, 6) is 0. The molecule has 2 saturated heterocycles. The van der Waals surface area contributed by atoms with Gasteiger partial charge in [-0.1, -0.05) is 30.3 Å². The fourth-order valence-electron chi connectivity index (χ4n) is 3.84. The lowest BCUT2D eigenvalue weighted by Crippen LogP contribution is -2.50. The van der Waals surface area contributed by atoms with E-state index < -0.39 is 0 Å². The maximum atomic E-state index is 6.12. The Morgan fingerprint density at radius 3 is 2.84 bits per heavy atom. The summed E-state index contributed by atoms with van der Waals surface area (Å²) in [6.07, 6.45) is 5.29. The van der Waals surface area contributed by atoms with Crippen molar-refractivity contribution in [1.29, 1.82) is 0 Å². The zero-order chi connectivity index (χ0) is 17.0. The van der Waals surface area contributed by atoms with Gasteiger partial charge >= 0.3 is 0 Å². The van der Waals surface area contributed by atoms with E-state index in [0.29, 0.717) is 6.04 Å². The van der Waals surface area contributed by atoms with E-state index in [1.807, 2.05) is 6.07 Å². The second-order valence-electron chi connectivity index (χ2n) is 7.03. The molecule has 0 radical (unpaired) electrons. The van der Waals surface area contributed by atoms with Crippen molar-refractivity contribution in [3.05, 3.63) is 40.7 Å². The predicted molar refractivity (Wildman–Crippen MR) is 101 cm³/mol. The lowest BCUT2D eigenvalue weighted by molar-refractivity contribution is -0.140. The van der Waals surface area contributed by atoms with Crippen LogP contribution in [0.15, 0.2) is 35.7 Å². The van der Waals surface area contributed by atoms with Crippen LogP contribution in [0, 0.1) is 0 Å². The topological polar surface area (TPSA) is 43.4 Å². The Morgan fingerprint density at radius 1 is 1.16 bits per heavy atom. The molecule has 1 spiro atoms. The normalized spacial score (nSPS) is 23.0. The van der Waals surface area contributed by atoms with Gasteiger partial charge in [0, 0.05) is 49.8 Å². The molecule has 1 atom stereocenters. The van der Waals surface area contributed by atoms with Crippen LogP contribution in [0.4, 0.5) is 0 Å². The van der Waals surface area contributed by atoms with E-state index in [0.717, 1.165) is 64.2 Å². The van der Waals surface area contributed by atoms with Crippen LogP contribution in [0.1, 0.15) is 30.7 Å². The average Bonchev–Trinajstić information content (AvgIpc) is 3.12. The molecule has 0 aliphatic carbocycles. The fraction of sp³-hybridized carbons (Fsp3) is 0.550. The summed E-state index contributed by atoms with van der Waals surface area (Å²) in [5.41, 5.74) is 2.35. The number of benzene rings is 1. The first kappa shape index (κ1) is 17.2. The van der Waals surface area contributed by atoms with Crippen LogP contribution in [0.5, 0.6) is 0 Å². The van der Waals surface area contributed by atoms with Crippen molar-refractivity contribution in [3.63, 3.8) is 0 Å². The molecule has 1 aromatic carbocycles. The summed E-state index contributed by atoms with van der Waals surface area (Å²) in [4.78, 5) is 4.78. The molecule has 2 aromatic rings. The third-order valence-corrected chi connectivity index (χ3v) is 6.20. The third kappa shape index (κ3) is 4.29. The van der Waals surface area contributed by atoms with Gasteiger partial charge in [0.2, 0.25) is 0 Å². The highest BCUT2D eigenvalue weighted by Crippen LogP contribution is 2.34. The third-order valence-electron chi connectivity index (χ3n) is 5.29. The van der Waals surface area contributed by atoms with Gasteiger partial charge in [-0.25, -0.2) is 4.98 Å². The Morgan fingerprint density at radius 2 is 2.00 bits per heavy atom. The van der Waals surface area contributed by atoms with Crippen molar-refractivity contribution < 1.29 is 9.47 Å². The van der Waals surface area contributed by atoms with Gasteiger partial charge < -0.3 is 14.8 Å². The van der Waals surface area contributed by atoms with E-state index in [2.05, 4.69) is 35.0 Å². The predicted octanol–water partition coefficient (Wildman–Crippen LogP) is 3.67. The number of ether oxygens (including phenoxy) is 2. The van der Waals surface area contributed by atoms with Gasteiger partial charge in [-0.15, -0.1) is 11.3 Å². The van der Waals surface area contributed by atoms with E-state index in [4.69, 9.17) is 14.5 Å². The van der Waals surface area contributed by atoms with Crippen LogP contribution in [0.3, 0.4) is 0 Å². The smallest absolute Gasteiger partial charge is 0.0945 e. The maximum Gasteiger partial charge on any atom is 0.0945 e. The summed E-state index contributed by atoms with van der Waals surface area (Å²) >= 11 is 1.76. The molecule has 1 aromatic heterocycles. The van der Waals surface area contributed by atoms with Crippen LogP contribution in [0.25, 0.3) is 11.3 Å². The first-order valence-corrected chi connectivity index (χ1v) is 10.2. The van der Waals surface area contributed by atoms with Crippen molar-refractivity contribution >= 4 is 11.3 Å². The highest BCUT2D eigenvalue weighted by atomic mass is 32.1. The number of hydrogen-bond donors (Lipinski definition) is 1. The molecule has 2 fully saturated rings. The van der Waals surface area contributed by atoms with E-state index >= 15 is 0 Å². The minimum Gasteiger partial charge on any atom is -0.381 e. The first-order valence-electron chi connectivity index (χ1n) is 9.28. The second kappa shape index (κ2) is 7.96. The summed E-state index contributed by atoms with van der Waals surface area (Å²) in [6, 6.07) is 11.0. The first-order chi connectivity index (χ1) is 12.3. The van der Waals surface area contributed by atoms with E-state index in [9.17, 15) is 0 Å². The van der Waals surface area contributed by atoms with Crippen LogP contribution >= 0.6 is 11.3 Å². The van der Waals surface area contributed by atoms with Crippen molar-refractivity contribution in [1.82, 2.24) is 10.3 Å². The maximum absolute atomic E-state index is 6.12. The van der Waals surface area contributed by atoms with Gasteiger partial charge in [0.1, 0.15) is 0 Å². The molecule has 0 unspecified atom stereocenters. The largest absolute Gasteiger partial charge is 0.381 e. The Labute approximate surface area is 153 Å². The average molecular weight is 359 g/mol. The monoisotopic (exact) mass is 358 g/mol. The zero-order valence-corrected chi connectivity index (χ0v) is 15.4. The van der Waals surface area contributed by atoms with Crippen molar-refractivity contribution in [2.45, 2.75) is 43.7 Å². The molecule has 1 N–H and O–H groups in total. The number of hydrogen-bond acceptors (Lipinski definition) is 5. The molecule has 3 heterocycles. The van der Waals surface area contributed by atoms with Crippen LogP contribution in [-0.2, 0) is 15.9 Å². The molecule has 0 bridgehead atoms. The molecule has 0 saturated carbocycles. The molecule has 4 nitrogen and oxygen atoms in total. The van der Waals surface area contributed by atoms with Gasteiger partial charge in [-0.05, 0) is 25.7 Å². The molecule has 25 heavy (non-hydrogen) atoms. The Bertz CT molecular complexity index is 662. The lowest BCUT2D eigenvalue weighted by atomic mass is 9.84. The van der Waals surface area contributed by atoms with Crippen LogP contribution < -0.4 is 5.32 Å². The van der Waals surface area contributed by atoms with Gasteiger partial charge in [0.25, 0.3) is 0 Å². The quantitative estimate of drug-likeness (QED) is 0.886. The standard InChI is InChI=1S/C20H26N2O2S/c1-2-4-16(5-3-1)18-15-25-19(22-18)6-10-21-17-7-11-24-20(14-17)8-12-23-13-9-20/h1-5,15,17,21H,6-14H2/t17-/m1/s1. The summed E-state index contributed by atoms with van der Waals surface area (Å²) in [5, 5.41) is 7.11. The highest BCUT2D eigenvalue weighted by Gasteiger charge is 2.38. The Hall–Kier alpha value is -1.27. The van der Waals surface area contributed by atoms with Gasteiger partial charge in [-0.3, -0.25) is 0 Å². The Kier molecular flexibility index (Phi) is 5.46. The number of nitrogens with one attached hydrogen (secondary N) is 1. The van der Waals surface area contributed by atoms with Gasteiger partial charge in [0.05, 0.1) is 16.3 Å². The summed E-state index contributed by atoms with van der Waals surface area (Å²) in [6.45, 7) is 3.54. The summed E-state index contributed by atoms with van der Waals surface area (Å²) in [7, 11) is 0. The molecule has 0 amide bonds. The van der Waals surface area contributed by atoms with Crippen molar-refractivity contribution in [2.24, 2.45) is 0 Å². The van der Waals surface area contributed by atoms with Crippen molar-refractivity contribution in [2.75, 3.05) is 26.4 Å². The van der Waals surface area contributed by atoms with Gasteiger partial charge in [-0.2, -0.15) is 0 Å². The molecule has 4 rings (SSSR count). The molecule has 2 aliphatic rings. The van der Waals surface area contributed by atoms with E-state index in [1.54, 1.807) is 11.3 Å². The fourth-order valence-corrected chi connectivity index (χ4v) is 4.65. The number of aromatic nitrogens is 1.